The molecule has 0 saturated carbocycles. The van der Waals surface area contributed by atoms with Crippen LogP contribution in [-0.4, -0.2) is 16.8 Å². The zero-order chi connectivity index (χ0) is 19.3. The third-order valence-corrected chi connectivity index (χ3v) is 4.29. The highest BCUT2D eigenvalue weighted by molar-refractivity contribution is 6.05. The monoisotopic (exact) mass is 371 g/mol. The number of benzene rings is 2. The normalized spacial score (nSPS) is 10.6. The second-order valence-corrected chi connectivity index (χ2v) is 6.19. The first-order valence-corrected chi connectivity index (χ1v) is 8.76. The van der Waals surface area contributed by atoms with E-state index < -0.39 is 0 Å². The van der Waals surface area contributed by atoms with Crippen molar-refractivity contribution in [1.29, 1.82) is 0 Å². The number of furan rings is 1. The van der Waals surface area contributed by atoms with Crippen molar-refractivity contribution in [1.82, 2.24) is 10.3 Å². The van der Waals surface area contributed by atoms with Gasteiger partial charge in [0.1, 0.15) is 0 Å². The van der Waals surface area contributed by atoms with E-state index in [9.17, 15) is 9.59 Å². The van der Waals surface area contributed by atoms with Crippen LogP contribution in [0.3, 0.4) is 0 Å². The fraction of sp³-hybridized carbons (Fsp3) is 0.0455. The number of hydrogen-bond donors (Lipinski definition) is 2. The van der Waals surface area contributed by atoms with E-state index in [2.05, 4.69) is 15.6 Å². The third-order valence-electron chi connectivity index (χ3n) is 4.29. The highest BCUT2D eigenvalue weighted by atomic mass is 16.3. The fourth-order valence-corrected chi connectivity index (χ4v) is 2.87. The highest BCUT2D eigenvalue weighted by Crippen LogP contribution is 2.16. The fourth-order valence-electron chi connectivity index (χ4n) is 2.87. The molecular weight excluding hydrogens is 354 g/mol. The molecule has 2 aromatic carbocycles. The summed E-state index contributed by atoms with van der Waals surface area (Å²) in [7, 11) is 0. The van der Waals surface area contributed by atoms with Gasteiger partial charge in [0.15, 0.2) is 5.76 Å². The molecule has 0 aliphatic carbocycles. The number of nitrogens with one attached hydrogen (secondary N) is 2. The van der Waals surface area contributed by atoms with Crippen molar-refractivity contribution in [2.45, 2.75) is 6.54 Å². The predicted octanol–water partition coefficient (Wildman–Crippen LogP) is 4.01. The Bertz CT molecular complexity index is 1110. The summed E-state index contributed by atoms with van der Waals surface area (Å²) in [4.78, 5) is 28.8. The zero-order valence-electron chi connectivity index (χ0n) is 14.9. The molecule has 0 radical (unpaired) electrons. The first-order chi connectivity index (χ1) is 13.7. The smallest absolute Gasteiger partial charge is 0.291 e. The summed E-state index contributed by atoms with van der Waals surface area (Å²) in [5.74, 6) is -0.242. The lowest BCUT2D eigenvalue weighted by atomic mass is 10.1. The minimum absolute atomic E-state index is 0.181. The first-order valence-electron chi connectivity index (χ1n) is 8.76. The Balaban J connectivity index is 1.39. The van der Waals surface area contributed by atoms with Crippen molar-refractivity contribution in [3.05, 3.63) is 96.1 Å². The van der Waals surface area contributed by atoms with E-state index in [1.54, 1.807) is 36.5 Å². The van der Waals surface area contributed by atoms with Crippen molar-refractivity contribution in [3.8, 4) is 0 Å². The quantitative estimate of drug-likeness (QED) is 0.555. The van der Waals surface area contributed by atoms with E-state index >= 15 is 0 Å². The zero-order valence-corrected chi connectivity index (χ0v) is 14.9. The molecule has 2 N–H and O–H groups in total. The third kappa shape index (κ3) is 3.76. The van der Waals surface area contributed by atoms with Crippen molar-refractivity contribution >= 4 is 28.4 Å². The van der Waals surface area contributed by atoms with Gasteiger partial charge in [-0.3, -0.25) is 14.6 Å². The molecule has 2 heterocycles. The Morgan fingerprint density at radius 2 is 1.71 bits per heavy atom. The molecule has 0 atom stereocenters. The number of anilines is 1. The number of pyridine rings is 1. The first kappa shape index (κ1) is 17.5. The topological polar surface area (TPSA) is 84.2 Å². The number of rotatable bonds is 5. The lowest BCUT2D eigenvalue weighted by Gasteiger charge is -2.09. The minimum atomic E-state index is -0.311. The average Bonchev–Trinajstić information content (AvgIpc) is 3.28. The summed E-state index contributed by atoms with van der Waals surface area (Å²) < 4.78 is 5.06. The Morgan fingerprint density at radius 1 is 0.893 bits per heavy atom. The maximum absolute atomic E-state index is 12.6. The summed E-state index contributed by atoms with van der Waals surface area (Å²) in [6.45, 7) is 0.370. The van der Waals surface area contributed by atoms with Gasteiger partial charge in [0.2, 0.25) is 0 Å². The Kier molecular flexibility index (Phi) is 4.84. The van der Waals surface area contributed by atoms with Crippen molar-refractivity contribution in [3.63, 3.8) is 0 Å². The van der Waals surface area contributed by atoms with Crippen LogP contribution in [0.5, 0.6) is 0 Å². The summed E-state index contributed by atoms with van der Waals surface area (Å²) in [5.41, 5.74) is 2.78. The van der Waals surface area contributed by atoms with Gasteiger partial charge in [-0.1, -0.05) is 30.3 Å². The van der Waals surface area contributed by atoms with Crippen molar-refractivity contribution in [2.75, 3.05) is 5.32 Å². The van der Waals surface area contributed by atoms with Crippen molar-refractivity contribution in [2.24, 2.45) is 0 Å². The van der Waals surface area contributed by atoms with Crippen LogP contribution in [0.25, 0.3) is 10.9 Å². The van der Waals surface area contributed by atoms with Crippen LogP contribution in [0.4, 0.5) is 5.69 Å². The summed E-state index contributed by atoms with van der Waals surface area (Å²) in [5, 5.41) is 6.59. The molecule has 0 unspecified atom stereocenters. The Hall–Kier alpha value is -3.93. The average molecular weight is 371 g/mol. The summed E-state index contributed by atoms with van der Waals surface area (Å²) in [6, 6.07) is 19.8. The van der Waals surface area contributed by atoms with Gasteiger partial charge < -0.3 is 15.1 Å². The van der Waals surface area contributed by atoms with Crippen molar-refractivity contribution < 1.29 is 14.0 Å². The van der Waals surface area contributed by atoms with E-state index in [0.29, 0.717) is 23.3 Å². The van der Waals surface area contributed by atoms with Gasteiger partial charge in [-0.2, -0.15) is 0 Å². The van der Waals surface area contributed by atoms with E-state index in [0.717, 1.165) is 10.9 Å². The van der Waals surface area contributed by atoms with Gasteiger partial charge in [0.25, 0.3) is 11.8 Å². The number of nitrogens with zero attached hydrogens (tertiary/aromatic N) is 1. The number of carbonyl (C=O) groups is 2. The molecule has 0 fully saturated rings. The van der Waals surface area contributed by atoms with Crippen LogP contribution >= 0.6 is 0 Å². The van der Waals surface area contributed by atoms with Crippen LogP contribution in [-0.2, 0) is 6.54 Å². The molecular formula is C22H17N3O3. The second-order valence-electron chi connectivity index (χ2n) is 6.19. The second kappa shape index (κ2) is 7.75. The largest absolute Gasteiger partial charge is 0.459 e. The van der Waals surface area contributed by atoms with E-state index in [1.165, 1.54) is 6.26 Å². The molecule has 138 valence electrons. The molecule has 0 bridgehead atoms. The molecule has 2 aromatic heterocycles. The van der Waals surface area contributed by atoms with Crippen LogP contribution in [0.2, 0.25) is 0 Å². The molecule has 0 saturated heterocycles. The SMILES string of the molecule is O=C(Nc1ccc(CNC(=O)c2cccc3cccnc23)cc1)c1ccco1. The molecule has 6 heteroatoms. The Morgan fingerprint density at radius 3 is 2.50 bits per heavy atom. The predicted molar refractivity (Wildman–Crippen MR) is 106 cm³/mol. The molecule has 4 aromatic rings. The molecule has 0 aliphatic heterocycles. The van der Waals surface area contributed by atoms with Gasteiger partial charge >= 0.3 is 0 Å². The van der Waals surface area contributed by atoms with Gasteiger partial charge in [0, 0.05) is 23.8 Å². The molecule has 0 aliphatic rings. The van der Waals surface area contributed by atoms with Gasteiger partial charge in [0.05, 0.1) is 17.3 Å². The number of aromatic nitrogens is 1. The van der Waals surface area contributed by atoms with Crippen LogP contribution in [0, 0.1) is 0 Å². The number of para-hydroxylation sites is 1. The lowest BCUT2D eigenvalue weighted by Crippen LogP contribution is -2.23. The number of fused-ring (bicyclic) bond motifs is 1. The molecule has 6 nitrogen and oxygen atoms in total. The maximum atomic E-state index is 12.6. The van der Waals surface area contributed by atoms with E-state index in [1.807, 2.05) is 36.4 Å². The maximum Gasteiger partial charge on any atom is 0.291 e. The van der Waals surface area contributed by atoms with Gasteiger partial charge in [-0.05, 0) is 42.0 Å². The number of carbonyl (C=O) groups excluding carboxylic acids is 2. The highest BCUT2D eigenvalue weighted by Gasteiger charge is 2.11. The number of amides is 2. The van der Waals surface area contributed by atoms with Gasteiger partial charge in [-0.15, -0.1) is 0 Å². The summed E-state index contributed by atoms with van der Waals surface area (Å²) >= 11 is 0. The van der Waals surface area contributed by atoms with E-state index in [-0.39, 0.29) is 17.6 Å². The van der Waals surface area contributed by atoms with E-state index in [4.69, 9.17) is 4.42 Å². The van der Waals surface area contributed by atoms with Crippen LogP contribution in [0.15, 0.2) is 83.6 Å². The number of hydrogen-bond acceptors (Lipinski definition) is 4. The molecule has 28 heavy (non-hydrogen) atoms. The summed E-state index contributed by atoms with van der Waals surface area (Å²) in [6.07, 6.45) is 3.13. The molecule has 2 amide bonds. The standard InChI is InChI=1S/C22H17N3O3/c26-21(18-6-1-4-16-5-2-12-23-20(16)18)24-14-15-8-10-17(11-9-15)25-22(27)19-7-3-13-28-19/h1-13H,14H2,(H,24,26)(H,25,27). The van der Waals surface area contributed by atoms with Crippen LogP contribution in [0.1, 0.15) is 26.5 Å². The van der Waals surface area contributed by atoms with Crippen LogP contribution < -0.4 is 10.6 Å². The molecule has 4 rings (SSSR count). The lowest BCUT2D eigenvalue weighted by molar-refractivity contribution is 0.0951. The molecule has 0 spiro atoms. The van der Waals surface area contributed by atoms with Gasteiger partial charge in [-0.25, -0.2) is 0 Å². The Labute approximate surface area is 161 Å². The minimum Gasteiger partial charge on any atom is -0.459 e.